The van der Waals surface area contributed by atoms with E-state index in [0.717, 1.165) is 41.1 Å². The maximum Gasteiger partial charge on any atom is 0.176 e. The van der Waals surface area contributed by atoms with Crippen molar-refractivity contribution in [2.24, 2.45) is 0 Å². The summed E-state index contributed by atoms with van der Waals surface area (Å²) in [6.07, 6.45) is 0. The summed E-state index contributed by atoms with van der Waals surface area (Å²) in [5.74, 6) is 1.62. The third-order valence-corrected chi connectivity index (χ3v) is 4.42. The Balaban J connectivity index is 1.58. The Labute approximate surface area is 153 Å². The van der Waals surface area contributed by atoms with Gasteiger partial charge in [-0.15, -0.1) is 0 Å². The molecule has 0 amide bonds. The molecule has 0 spiro atoms. The van der Waals surface area contributed by atoms with Gasteiger partial charge in [0.15, 0.2) is 11.3 Å². The van der Waals surface area contributed by atoms with E-state index in [1.807, 2.05) is 42.5 Å². The van der Waals surface area contributed by atoms with E-state index in [-0.39, 0.29) is 0 Å². The summed E-state index contributed by atoms with van der Waals surface area (Å²) < 4.78 is 11.6. The summed E-state index contributed by atoms with van der Waals surface area (Å²) in [5, 5.41) is 4.54. The van der Waals surface area contributed by atoms with Gasteiger partial charge in [-0.3, -0.25) is 0 Å². The Hall–Kier alpha value is -3.04. The zero-order chi connectivity index (χ0) is 17.8. The Morgan fingerprint density at radius 1 is 0.808 bits per heavy atom. The Morgan fingerprint density at radius 2 is 1.50 bits per heavy atom. The molecular weight excluding hydrogens is 322 g/mol. The van der Waals surface area contributed by atoms with Gasteiger partial charge in [-0.2, -0.15) is 0 Å². The van der Waals surface area contributed by atoms with Crippen LogP contribution < -0.4 is 10.1 Å². The van der Waals surface area contributed by atoms with Crippen molar-refractivity contribution in [2.75, 3.05) is 7.11 Å². The van der Waals surface area contributed by atoms with Gasteiger partial charge in [0.25, 0.3) is 0 Å². The number of hydrogen-bond donors (Lipinski definition) is 1. The molecular formula is C23H21NO2. The molecule has 0 aliphatic heterocycles. The molecule has 4 aromatic rings. The van der Waals surface area contributed by atoms with Crippen LogP contribution in [0, 0.1) is 0 Å². The molecule has 0 saturated carbocycles. The maximum absolute atomic E-state index is 6.06. The van der Waals surface area contributed by atoms with E-state index in [2.05, 4.69) is 41.7 Å². The van der Waals surface area contributed by atoms with Crippen LogP contribution in [0.2, 0.25) is 0 Å². The number of fused-ring (bicyclic) bond motifs is 1. The molecule has 0 radical (unpaired) electrons. The highest BCUT2D eigenvalue weighted by molar-refractivity contribution is 5.88. The maximum atomic E-state index is 6.06. The molecule has 26 heavy (non-hydrogen) atoms. The number of rotatable bonds is 6. The highest BCUT2D eigenvalue weighted by Gasteiger charge is 2.12. The SMILES string of the molecule is COc1cc(CNCc2ccccc2)cc2cc(-c3ccccc3)oc12. The molecule has 0 fully saturated rings. The van der Waals surface area contributed by atoms with Gasteiger partial charge in [0.05, 0.1) is 7.11 Å². The second kappa shape index (κ2) is 7.46. The minimum Gasteiger partial charge on any atom is -0.493 e. The predicted octanol–water partition coefficient (Wildman–Crippen LogP) is 5.40. The highest BCUT2D eigenvalue weighted by Crippen LogP contribution is 2.34. The van der Waals surface area contributed by atoms with Gasteiger partial charge in [-0.05, 0) is 29.3 Å². The molecule has 3 heteroatoms. The average Bonchev–Trinajstić information content (AvgIpc) is 3.13. The summed E-state index contributed by atoms with van der Waals surface area (Å²) >= 11 is 0. The lowest BCUT2D eigenvalue weighted by Gasteiger charge is -2.08. The third-order valence-electron chi connectivity index (χ3n) is 4.42. The van der Waals surface area contributed by atoms with Crippen molar-refractivity contribution in [3.8, 4) is 17.1 Å². The van der Waals surface area contributed by atoms with Crippen LogP contribution in [0.3, 0.4) is 0 Å². The van der Waals surface area contributed by atoms with Gasteiger partial charge in [0.2, 0.25) is 0 Å². The van der Waals surface area contributed by atoms with Crippen LogP contribution >= 0.6 is 0 Å². The summed E-state index contributed by atoms with van der Waals surface area (Å²) in [6, 6.07) is 26.8. The summed E-state index contributed by atoms with van der Waals surface area (Å²) in [5.41, 5.74) is 4.30. The fraction of sp³-hybridized carbons (Fsp3) is 0.130. The van der Waals surface area contributed by atoms with Gasteiger partial charge in [0.1, 0.15) is 5.76 Å². The topological polar surface area (TPSA) is 34.4 Å². The number of methoxy groups -OCH3 is 1. The minimum absolute atomic E-state index is 0.765. The molecule has 0 unspecified atom stereocenters. The van der Waals surface area contributed by atoms with E-state index >= 15 is 0 Å². The van der Waals surface area contributed by atoms with Crippen LogP contribution in [0.5, 0.6) is 5.75 Å². The van der Waals surface area contributed by atoms with Crippen LogP contribution in [0.15, 0.2) is 83.3 Å². The molecule has 3 aromatic carbocycles. The fourth-order valence-corrected chi connectivity index (χ4v) is 3.13. The number of benzene rings is 3. The number of nitrogens with one attached hydrogen (secondary N) is 1. The fourth-order valence-electron chi connectivity index (χ4n) is 3.13. The first kappa shape index (κ1) is 16.4. The smallest absolute Gasteiger partial charge is 0.176 e. The lowest BCUT2D eigenvalue weighted by molar-refractivity contribution is 0.410. The Kier molecular flexibility index (Phi) is 4.71. The normalized spacial score (nSPS) is 11.0. The highest BCUT2D eigenvalue weighted by atomic mass is 16.5. The first-order valence-corrected chi connectivity index (χ1v) is 8.74. The molecule has 1 N–H and O–H groups in total. The van der Waals surface area contributed by atoms with Crippen molar-refractivity contribution >= 4 is 11.0 Å². The molecule has 1 aromatic heterocycles. The van der Waals surface area contributed by atoms with Crippen molar-refractivity contribution in [1.82, 2.24) is 5.32 Å². The molecule has 0 aliphatic carbocycles. The number of hydrogen-bond acceptors (Lipinski definition) is 3. The molecule has 130 valence electrons. The van der Waals surface area contributed by atoms with Crippen molar-refractivity contribution in [3.05, 3.63) is 90.0 Å². The van der Waals surface area contributed by atoms with E-state index in [9.17, 15) is 0 Å². The zero-order valence-electron chi connectivity index (χ0n) is 14.7. The molecule has 0 bridgehead atoms. The van der Waals surface area contributed by atoms with Crippen molar-refractivity contribution in [1.29, 1.82) is 0 Å². The lowest BCUT2D eigenvalue weighted by atomic mass is 10.1. The molecule has 0 saturated heterocycles. The van der Waals surface area contributed by atoms with Crippen molar-refractivity contribution in [3.63, 3.8) is 0 Å². The second-order valence-corrected chi connectivity index (χ2v) is 6.28. The van der Waals surface area contributed by atoms with E-state index in [1.165, 1.54) is 11.1 Å². The molecule has 0 aliphatic rings. The zero-order valence-corrected chi connectivity index (χ0v) is 14.7. The Morgan fingerprint density at radius 3 is 2.23 bits per heavy atom. The first-order chi connectivity index (χ1) is 12.8. The molecule has 1 heterocycles. The van der Waals surface area contributed by atoms with Crippen LogP contribution in [0.4, 0.5) is 0 Å². The standard InChI is InChI=1S/C23H21NO2/c1-25-22-13-18(16-24-15-17-8-4-2-5-9-17)12-20-14-21(26-23(20)22)19-10-6-3-7-11-19/h2-14,24H,15-16H2,1H3. The van der Waals surface area contributed by atoms with Gasteiger partial charge < -0.3 is 14.5 Å². The lowest BCUT2D eigenvalue weighted by Crippen LogP contribution is -2.12. The molecule has 4 rings (SSSR count). The van der Waals surface area contributed by atoms with Crippen molar-refractivity contribution < 1.29 is 9.15 Å². The van der Waals surface area contributed by atoms with Gasteiger partial charge >= 0.3 is 0 Å². The van der Waals surface area contributed by atoms with Crippen LogP contribution in [-0.2, 0) is 13.1 Å². The second-order valence-electron chi connectivity index (χ2n) is 6.28. The van der Waals surface area contributed by atoms with E-state index < -0.39 is 0 Å². The third kappa shape index (κ3) is 3.48. The van der Waals surface area contributed by atoms with Crippen molar-refractivity contribution in [2.45, 2.75) is 13.1 Å². The molecule has 3 nitrogen and oxygen atoms in total. The van der Waals surface area contributed by atoms with E-state index in [4.69, 9.17) is 9.15 Å². The van der Waals surface area contributed by atoms with Crippen LogP contribution in [0.25, 0.3) is 22.3 Å². The van der Waals surface area contributed by atoms with Gasteiger partial charge in [-0.1, -0.05) is 60.7 Å². The summed E-state index contributed by atoms with van der Waals surface area (Å²) in [6.45, 7) is 1.61. The number of ether oxygens (including phenoxy) is 1. The summed E-state index contributed by atoms with van der Waals surface area (Å²) in [7, 11) is 1.68. The monoisotopic (exact) mass is 343 g/mol. The summed E-state index contributed by atoms with van der Waals surface area (Å²) in [4.78, 5) is 0. The van der Waals surface area contributed by atoms with E-state index in [0.29, 0.717) is 0 Å². The number of furan rings is 1. The first-order valence-electron chi connectivity index (χ1n) is 8.74. The van der Waals surface area contributed by atoms with Gasteiger partial charge in [0, 0.05) is 24.0 Å². The predicted molar refractivity (Wildman–Crippen MR) is 105 cm³/mol. The van der Waals surface area contributed by atoms with E-state index in [1.54, 1.807) is 7.11 Å². The quantitative estimate of drug-likeness (QED) is 0.509. The van der Waals surface area contributed by atoms with Gasteiger partial charge in [-0.25, -0.2) is 0 Å². The average molecular weight is 343 g/mol. The molecule has 0 atom stereocenters. The largest absolute Gasteiger partial charge is 0.493 e. The van der Waals surface area contributed by atoms with Crippen LogP contribution in [-0.4, -0.2) is 7.11 Å². The minimum atomic E-state index is 0.765. The Bertz CT molecular complexity index is 991. The van der Waals surface area contributed by atoms with Crippen LogP contribution in [0.1, 0.15) is 11.1 Å².